The average Bonchev–Trinajstić information content (AvgIpc) is 2.97. The summed E-state index contributed by atoms with van der Waals surface area (Å²) < 4.78 is 0. The third-order valence-electron chi connectivity index (χ3n) is 7.51. The Bertz CT molecular complexity index is 1530. The van der Waals surface area contributed by atoms with Crippen molar-refractivity contribution in [2.24, 2.45) is 0 Å². The Hall–Kier alpha value is -4.63. The van der Waals surface area contributed by atoms with Gasteiger partial charge in [-0.15, -0.1) is 0 Å². The number of imide groups is 2. The number of benzene rings is 4. The van der Waals surface area contributed by atoms with E-state index in [0.29, 0.717) is 44.7 Å². The Morgan fingerprint density at radius 3 is 1.32 bits per heavy atom. The van der Waals surface area contributed by atoms with E-state index in [2.05, 4.69) is 5.32 Å². The van der Waals surface area contributed by atoms with E-state index in [1.165, 1.54) is 9.80 Å². The zero-order valence-corrected chi connectivity index (χ0v) is 22.7. The van der Waals surface area contributed by atoms with Crippen molar-refractivity contribution in [1.29, 1.82) is 0 Å². The second-order valence-corrected chi connectivity index (χ2v) is 10.2. The van der Waals surface area contributed by atoms with Crippen LogP contribution in [0.1, 0.15) is 48.4 Å². The molecule has 9 heteroatoms. The molecule has 0 aromatic heterocycles. The lowest BCUT2D eigenvalue weighted by atomic mass is 9.94. The SMILES string of the molecule is CCNC(=S)N(CCN1C(=O)c2cccc3cccc(c23)C1=O)CCN1C(=O)c2cccc3cccc(c23)C1=O. The molecule has 0 radical (unpaired) electrons. The lowest BCUT2D eigenvalue weighted by molar-refractivity contribution is 0.0598. The molecule has 0 atom stereocenters. The van der Waals surface area contributed by atoms with Gasteiger partial charge in [0.05, 0.1) is 0 Å². The molecule has 0 bridgehead atoms. The van der Waals surface area contributed by atoms with Crippen LogP contribution in [0, 0.1) is 0 Å². The van der Waals surface area contributed by atoms with Crippen LogP contribution in [0.4, 0.5) is 0 Å². The second-order valence-electron chi connectivity index (χ2n) is 9.76. The number of nitrogens with one attached hydrogen (secondary N) is 1. The first-order valence-corrected chi connectivity index (χ1v) is 13.6. The summed E-state index contributed by atoms with van der Waals surface area (Å²) in [6.45, 7) is 3.15. The van der Waals surface area contributed by atoms with E-state index in [9.17, 15) is 19.2 Å². The summed E-state index contributed by atoms with van der Waals surface area (Å²) in [5.41, 5.74) is 1.97. The van der Waals surface area contributed by atoms with E-state index in [4.69, 9.17) is 12.2 Å². The van der Waals surface area contributed by atoms with Gasteiger partial charge in [0.1, 0.15) is 0 Å². The van der Waals surface area contributed by atoms with Gasteiger partial charge in [-0.05, 0) is 54.2 Å². The van der Waals surface area contributed by atoms with Gasteiger partial charge in [0.2, 0.25) is 0 Å². The number of amides is 4. The van der Waals surface area contributed by atoms with E-state index >= 15 is 0 Å². The minimum Gasteiger partial charge on any atom is -0.363 e. The highest BCUT2D eigenvalue weighted by Gasteiger charge is 2.35. The molecule has 0 unspecified atom stereocenters. The molecule has 2 aliphatic heterocycles. The standard InChI is InChI=1S/C31H26N4O4S/c1-2-32-31(40)33(15-17-34-27(36)21-11-3-7-19-8-4-12-22(25(19)21)28(34)37)16-18-35-29(38)23-13-5-9-20-10-6-14-24(26(20)23)30(35)39/h3-14H,2,15-18H2,1H3,(H,32,40). The highest BCUT2D eigenvalue weighted by molar-refractivity contribution is 7.80. The van der Waals surface area contributed by atoms with Crippen molar-refractivity contribution in [3.05, 3.63) is 95.1 Å². The number of thiocarbonyl (C=S) groups is 1. The van der Waals surface area contributed by atoms with Crippen molar-refractivity contribution in [2.75, 3.05) is 32.7 Å². The van der Waals surface area contributed by atoms with Crippen LogP contribution in [0.15, 0.2) is 72.8 Å². The van der Waals surface area contributed by atoms with Crippen LogP contribution in [0.2, 0.25) is 0 Å². The zero-order valence-electron chi connectivity index (χ0n) is 21.8. The predicted octanol–water partition coefficient (Wildman–Crippen LogP) is 4.08. The molecule has 1 N–H and O–H groups in total. The lowest BCUT2D eigenvalue weighted by Gasteiger charge is -2.33. The number of carbonyl (C=O) groups is 4. The summed E-state index contributed by atoms with van der Waals surface area (Å²) in [6.07, 6.45) is 0. The molecule has 4 aromatic carbocycles. The van der Waals surface area contributed by atoms with Gasteiger partial charge in [-0.3, -0.25) is 29.0 Å². The number of carbonyl (C=O) groups excluding carboxylic acids is 4. The third kappa shape index (κ3) is 4.10. The molecule has 0 fully saturated rings. The van der Waals surface area contributed by atoms with Gasteiger partial charge >= 0.3 is 0 Å². The largest absolute Gasteiger partial charge is 0.363 e. The molecule has 200 valence electrons. The van der Waals surface area contributed by atoms with Crippen LogP contribution >= 0.6 is 12.2 Å². The molecule has 6 rings (SSSR count). The Labute approximate surface area is 236 Å². The maximum atomic E-state index is 13.4. The molecule has 4 amide bonds. The summed E-state index contributed by atoms with van der Waals surface area (Å²) in [4.78, 5) is 57.7. The second kappa shape index (κ2) is 10.2. The van der Waals surface area contributed by atoms with Crippen molar-refractivity contribution >= 4 is 62.5 Å². The minimum atomic E-state index is -0.352. The highest BCUT2D eigenvalue weighted by Crippen LogP contribution is 2.31. The van der Waals surface area contributed by atoms with Gasteiger partial charge in [-0.1, -0.05) is 48.5 Å². The summed E-state index contributed by atoms with van der Waals surface area (Å²) >= 11 is 5.59. The third-order valence-corrected chi connectivity index (χ3v) is 7.92. The monoisotopic (exact) mass is 550 g/mol. The first-order valence-electron chi connectivity index (χ1n) is 13.2. The molecular weight excluding hydrogens is 524 g/mol. The Morgan fingerprint density at radius 2 is 1.00 bits per heavy atom. The minimum absolute atomic E-state index is 0.0952. The van der Waals surface area contributed by atoms with Crippen LogP contribution in [-0.2, 0) is 0 Å². The van der Waals surface area contributed by atoms with Crippen LogP contribution in [0.5, 0.6) is 0 Å². The van der Waals surface area contributed by atoms with Crippen LogP contribution < -0.4 is 5.32 Å². The van der Waals surface area contributed by atoms with Crippen molar-refractivity contribution in [1.82, 2.24) is 20.0 Å². The molecule has 0 aliphatic carbocycles. The maximum absolute atomic E-state index is 13.4. The molecule has 2 heterocycles. The van der Waals surface area contributed by atoms with Crippen molar-refractivity contribution in [3.63, 3.8) is 0 Å². The fourth-order valence-corrected chi connectivity index (χ4v) is 5.91. The first-order chi connectivity index (χ1) is 19.4. The first kappa shape index (κ1) is 25.6. The number of nitrogens with zero attached hydrogens (tertiary/aromatic N) is 3. The predicted molar refractivity (Wildman–Crippen MR) is 156 cm³/mol. The van der Waals surface area contributed by atoms with Crippen LogP contribution in [-0.4, -0.2) is 76.2 Å². The quantitative estimate of drug-likeness (QED) is 0.274. The fourth-order valence-electron chi connectivity index (χ4n) is 5.59. The molecule has 4 aromatic rings. The normalized spacial score (nSPS) is 14.3. The Balaban J connectivity index is 1.22. The van der Waals surface area contributed by atoms with Crippen molar-refractivity contribution < 1.29 is 19.2 Å². The van der Waals surface area contributed by atoms with Gasteiger partial charge in [0.25, 0.3) is 23.6 Å². The highest BCUT2D eigenvalue weighted by atomic mass is 32.1. The van der Waals surface area contributed by atoms with E-state index in [1.54, 1.807) is 29.2 Å². The van der Waals surface area contributed by atoms with Crippen LogP contribution in [0.25, 0.3) is 21.5 Å². The molecule has 0 saturated heterocycles. The molecule has 40 heavy (non-hydrogen) atoms. The summed E-state index contributed by atoms with van der Waals surface area (Å²) in [7, 11) is 0. The molecule has 0 spiro atoms. The molecular formula is C31H26N4O4S. The molecule has 0 saturated carbocycles. The van der Waals surface area contributed by atoms with Gasteiger partial charge in [-0.2, -0.15) is 0 Å². The average molecular weight is 551 g/mol. The van der Waals surface area contributed by atoms with Gasteiger partial charge < -0.3 is 10.2 Å². The van der Waals surface area contributed by atoms with E-state index in [0.717, 1.165) is 10.8 Å². The zero-order chi connectivity index (χ0) is 28.0. The summed E-state index contributed by atoms with van der Waals surface area (Å²) in [5.74, 6) is -1.41. The van der Waals surface area contributed by atoms with E-state index in [-0.39, 0.29) is 49.8 Å². The van der Waals surface area contributed by atoms with Crippen LogP contribution in [0.3, 0.4) is 0 Å². The van der Waals surface area contributed by atoms with E-state index in [1.807, 2.05) is 55.5 Å². The molecule has 2 aliphatic rings. The van der Waals surface area contributed by atoms with Gasteiger partial charge in [-0.25, -0.2) is 0 Å². The maximum Gasteiger partial charge on any atom is 0.261 e. The summed E-state index contributed by atoms with van der Waals surface area (Å²) in [6, 6.07) is 21.7. The Kier molecular flexibility index (Phi) is 6.51. The lowest BCUT2D eigenvalue weighted by Crippen LogP contribution is -2.51. The number of hydrogen-bond donors (Lipinski definition) is 1. The summed E-state index contributed by atoms with van der Waals surface area (Å²) in [5, 5.41) is 6.57. The van der Waals surface area contributed by atoms with Crippen molar-refractivity contribution in [3.8, 4) is 0 Å². The smallest absolute Gasteiger partial charge is 0.261 e. The fraction of sp³-hybridized carbons (Fsp3) is 0.194. The topological polar surface area (TPSA) is 90.0 Å². The van der Waals surface area contributed by atoms with Gasteiger partial charge in [0.15, 0.2) is 5.11 Å². The van der Waals surface area contributed by atoms with Gasteiger partial charge in [0, 0.05) is 65.8 Å². The Morgan fingerprint density at radius 1 is 0.650 bits per heavy atom. The van der Waals surface area contributed by atoms with E-state index < -0.39 is 0 Å². The molecule has 8 nitrogen and oxygen atoms in total. The van der Waals surface area contributed by atoms with Crippen molar-refractivity contribution in [2.45, 2.75) is 6.92 Å². The number of hydrogen-bond acceptors (Lipinski definition) is 5. The number of rotatable bonds is 7.